The molecular formula is C13H17N5O2S2. The van der Waals surface area contributed by atoms with Crippen LogP contribution in [-0.4, -0.2) is 38.9 Å². The summed E-state index contributed by atoms with van der Waals surface area (Å²) in [6, 6.07) is 3.86. The fraction of sp³-hybridized carbons (Fsp3) is 0.385. The second kappa shape index (κ2) is 7.95. The van der Waals surface area contributed by atoms with Crippen LogP contribution >= 0.6 is 23.1 Å². The van der Waals surface area contributed by atoms with Gasteiger partial charge in [0.25, 0.3) is 0 Å². The molecule has 2 amide bonds. The lowest BCUT2D eigenvalue weighted by molar-refractivity contribution is -0.119. The van der Waals surface area contributed by atoms with Gasteiger partial charge in [0.05, 0.1) is 10.6 Å². The zero-order chi connectivity index (χ0) is 15.9. The molecule has 2 rings (SSSR count). The summed E-state index contributed by atoms with van der Waals surface area (Å²) >= 11 is 2.84. The topological polar surface area (TPSA) is 103 Å². The number of primary amides is 1. The van der Waals surface area contributed by atoms with Crippen LogP contribution in [0.2, 0.25) is 0 Å². The molecular weight excluding hydrogens is 322 g/mol. The van der Waals surface area contributed by atoms with Gasteiger partial charge in [-0.1, -0.05) is 17.8 Å². The second-order valence-corrected chi connectivity index (χ2v) is 6.28. The third-order valence-electron chi connectivity index (χ3n) is 2.75. The molecule has 0 bridgehead atoms. The molecule has 0 unspecified atom stereocenters. The first kappa shape index (κ1) is 16.5. The van der Waals surface area contributed by atoms with Crippen molar-refractivity contribution >= 4 is 34.9 Å². The third kappa shape index (κ3) is 4.31. The highest BCUT2D eigenvalue weighted by molar-refractivity contribution is 7.99. The van der Waals surface area contributed by atoms with Gasteiger partial charge in [0.2, 0.25) is 11.8 Å². The Balaban J connectivity index is 2.17. The maximum Gasteiger partial charge on any atom is 0.230 e. The monoisotopic (exact) mass is 339 g/mol. The van der Waals surface area contributed by atoms with Crippen LogP contribution in [0, 0.1) is 0 Å². The summed E-state index contributed by atoms with van der Waals surface area (Å²) in [6.45, 7) is 2.86. The smallest absolute Gasteiger partial charge is 0.230 e. The molecule has 2 aromatic heterocycles. The highest BCUT2D eigenvalue weighted by Crippen LogP contribution is 2.27. The van der Waals surface area contributed by atoms with Crippen molar-refractivity contribution in [2.24, 2.45) is 5.73 Å². The lowest BCUT2D eigenvalue weighted by Gasteiger charge is -2.08. The van der Waals surface area contributed by atoms with Gasteiger partial charge in [0, 0.05) is 19.5 Å². The Hall–Kier alpha value is -1.87. The number of hydrogen-bond acceptors (Lipinski definition) is 6. The van der Waals surface area contributed by atoms with Gasteiger partial charge in [0.1, 0.15) is 0 Å². The fourth-order valence-corrected chi connectivity index (χ4v) is 3.30. The van der Waals surface area contributed by atoms with Crippen LogP contribution in [0.5, 0.6) is 0 Å². The summed E-state index contributed by atoms with van der Waals surface area (Å²) in [4.78, 5) is 23.6. The summed E-state index contributed by atoms with van der Waals surface area (Å²) < 4.78 is 1.83. The zero-order valence-corrected chi connectivity index (χ0v) is 13.7. The number of aromatic nitrogens is 3. The van der Waals surface area contributed by atoms with Crippen LogP contribution in [0.25, 0.3) is 10.7 Å². The quantitative estimate of drug-likeness (QED) is 0.701. The first-order valence-corrected chi connectivity index (χ1v) is 8.63. The van der Waals surface area contributed by atoms with Crippen LogP contribution in [0.3, 0.4) is 0 Å². The molecule has 0 spiro atoms. The number of rotatable bonds is 8. The van der Waals surface area contributed by atoms with E-state index in [9.17, 15) is 9.59 Å². The van der Waals surface area contributed by atoms with Gasteiger partial charge < -0.3 is 15.6 Å². The minimum absolute atomic E-state index is 0.0605. The molecule has 9 heteroatoms. The normalized spacial score (nSPS) is 10.6. The van der Waals surface area contributed by atoms with Gasteiger partial charge in [-0.15, -0.1) is 21.5 Å². The molecule has 2 heterocycles. The molecule has 0 atom stereocenters. The van der Waals surface area contributed by atoms with Crippen molar-refractivity contribution in [3.63, 3.8) is 0 Å². The van der Waals surface area contributed by atoms with Gasteiger partial charge in [-0.2, -0.15) is 0 Å². The van der Waals surface area contributed by atoms with Crippen LogP contribution in [0.1, 0.15) is 13.3 Å². The maximum atomic E-state index is 11.6. The van der Waals surface area contributed by atoms with Crippen molar-refractivity contribution in [2.75, 3.05) is 12.3 Å². The maximum absolute atomic E-state index is 11.6. The average Bonchev–Trinajstić information content (AvgIpc) is 3.12. The van der Waals surface area contributed by atoms with Gasteiger partial charge in [-0.05, 0) is 18.4 Å². The van der Waals surface area contributed by atoms with Crippen molar-refractivity contribution in [1.29, 1.82) is 0 Å². The van der Waals surface area contributed by atoms with E-state index in [-0.39, 0.29) is 24.0 Å². The van der Waals surface area contributed by atoms with E-state index in [1.165, 1.54) is 11.8 Å². The van der Waals surface area contributed by atoms with E-state index in [0.29, 0.717) is 24.1 Å². The Bertz CT molecular complexity index is 639. The standard InChI is InChI=1S/C13H17N5O2S2/c1-2-15-11(20)8-22-13-17-16-12(9-4-3-7-21-9)18(13)6-5-10(14)19/h3-4,7H,2,5-6,8H2,1H3,(H2,14,19)(H,15,20). The molecule has 0 fully saturated rings. The molecule has 0 saturated carbocycles. The predicted molar refractivity (Wildman–Crippen MR) is 86.6 cm³/mol. The van der Waals surface area contributed by atoms with E-state index in [1.807, 2.05) is 29.0 Å². The van der Waals surface area contributed by atoms with Crippen LogP contribution in [0.4, 0.5) is 0 Å². The van der Waals surface area contributed by atoms with E-state index in [0.717, 1.165) is 4.88 Å². The van der Waals surface area contributed by atoms with E-state index in [4.69, 9.17) is 5.73 Å². The number of thiophene rings is 1. The van der Waals surface area contributed by atoms with E-state index >= 15 is 0 Å². The Kier molecular flexibility index (Phi) is 5.96. The van der Waals surface area contributed by atoms with Gasteiger partial charge in [-0.3, -0.25) is 9.59 Å². The predicted octanol–water partition coefficient (Wildman–Crippen LogP) is 1.11. The largest absolute Gasteiger partial charge is 0.370 e. The zero-order valence-electron chi connectivity index (χ0n) is 12.1. The Morgan fingerprint density at radius 1 is 1.45 bits per heavy atom. The highest BCUT2D eigenvalue weighted by Gasteiger charge is 2.16. The molecule has 0 radical (unpaired) electrons. The fourth-order valence-electron chi connectivity index (χ4n) is 1.79. The number of thioether (sulfide) groups is 1. The van der Waals surface area contributed by atoms with E-state index in [2.05, 4.69) is 15.5 Å². The molecule has 0 aliphatic rings. The minimum atomic E-state index is -0.384. The summed E-state index contributed by atoms with van der Waals surface area (Å²) in [5.41, 5.74) is 5.23. The molecule has 0 aromatic carbocycles. The number of carbonyl (C=O) groups is 2. The highest BCUT2D eigenvalue weighted by atomic mass is 32.2. The SMILES string of the molecule is CCNC(=O)CSc1nnc(-c2cccs2)n1CCC(N)=O. The molecule has 0 aliphatic heterocycles. The number of nitrogens with zero attached hydrogens (tertiary/aromatic N) is 3. The summed E-state index contributed by atoms with van der Waals surface area (Å²) in [7, 11) is 0. The van der Waals surface area contributed by atoms with Gasteiger partial charge in [0.15, 0.2) is 11.0 Å². The molecule has 3 N–H and O–H groups in total. The van der Waals surface area contributed by atoms with Crippen molar-refractivity contribution in [3.8, 4) is 10.7 Å². The van der Waals surface area contributed by atoms with Gasteiger partial charge >= 0.3 is 0 Å². The summed E-state index contributed by atoms with van der Waals surface area (Å²) in [5, 5.41) is 13.6. The number of hydrogen-bond donors (Lipinski definition) is 2. The number of amides is 2. The molecule has 0 aliphatic carbocycles. The second-order valence-electron chi connectivity index (χ2n) is 4.39. The van der Waals surface area contributed by atoms with Crippen LogP contribution in [-0.2, 0) is 16.1 Å². The molecule has 2 aromatic rings. The number of carbonyl (C=O) groups excluding carboxylic acids is 2. The number of nitrogens with one attached hydrogen (secondary N) is 1. The van der Waals surface area contributed by atoms with Crippen molar-refractivity contribution in [3.05, 3.63) is 17.5 Å². The Labute approximate surface area is 136 Å². The summed E-state index contributed by atoms with van der Waals surface area (Å²) in [6.07, 6.45) is 0.200. The lowest BCUT2D eigenvalue weighted by atomic mass is 10.4. The van der Waals surface area contributed by atoms with Gasteiger partial charge in [-0.25, -0.2) is 0 Å². The molecule has 118 valence electrons. The van der Waals surface area contributed by atoms with E-state index < -0.39 is 0 Å². The molecule has 7 nitrogen and oxygen atoms in total. The van der Waals surface area contributed by atoms with Crippen molar-refractivity contribution in [1.82, 2.24) is 20.1 Å². The molecule has 22 heavy (non-hydrogen) atoms. The Morgan fingerprint density at radius 2 is 2.27 bits per heavy atom. The first-order valence-electron chi connectivity index (χ1n) is 6.76. The first-order chi connectivity index (χ1) is 10.6. The van der Waals surface area contributed by atoms with Crippen molar-refractivity contribution < 1.29 is 9.59 Å². The minimum Gasteiger partial charge on any atom is -0.370 e. The van der Waals surface area contributed by atoms with Crippen LogP contribution < -0.4 is 11.1 Å². The lowest BCUT2D eigenvalue weighted by Crippen LogP contribution is -2.24. The average molecular weight is 339 g/mol. The summed E-state index contributed by atoms with van der Waals surface area (Å²) in [5.74, 6) is 0.502. The van der Waals surface area contributed by atoms with Crippen LogP contribution in [0.15, 0.2) is 22.7 Å². The van der Waals surface area contributed by atoms with E-state index in [1.54, 1.807) is 11.3 Å². The number of nitrogens with two attached hydrogens (primary N) is 1. The third-order valence-corrected chi connectivity index (χ3v) is 4.58. The Morgan fingerprint density at radius 3 is 2.91 bits per heavy atom. The molecule has 0 saturated heterocycles. The van der Waals surface area contributed by atoms with Crippen molar-refractivity contribution in [2.45, 2.75) is 25.0 Å².